The summed E-state index contributed by atoms with van der Waals surface area (Å²) in [7, 11) is 0. The lowest BCUT2D eigenvalue weighted by Gasteiger charge is -1.98. The second-order valence-electron chi connectivity index (χ2n) is 4.68. The maximum Gasteiger partial charge on any atom is -0.0233 e. The minimum atomic E-state index is 0.972. The Kier molecular flexibility index (Phi) is 6.82. The van der Waals surface area contributed by atoms with Crippen LogP contribution in [0.3, 0.4) is 0 Å². The van der Waals surface area contributed by atoms with E-state index in [0.29, 0.717) is 0 Å². The molecule has 0 amide bonds. The number of unbranched alkanes of at least 4 members (excludes halogenated alkanes) is 7. The van der Waals surface area contributed by atoms with E-state index in [-0.39, 0.29) is 0 Å². The van der Waals surface area contributed by atoms with Crippen molar-refractivity contribution >= 4 is 0 Å². The Bertz CT molecular complexity index is 142. The molecule has 1 aliphatic rings. The van der Waals surface area contributed by atoms with Gasteiger partial charge in [0.2, 0.25) is 0 Å². The highest BCUT2D eigenvalue weighted by Crippen LogP contribution is 2.30. The fourth-order valence-corrected chi connectivity index (χ4v) is 1.80. The fraction of sp³-hybridized carbons (Fsp3) is 0.857. The molecule has 0 bridgehead atoms. The average Bonchev–Trinajstić information content (AvgIpc) is 2.99. The van der Waals surface area contributed by atoms with Gasteiger partial charge in [-0.05, 0) is 31.6 Å². The van der Waals surface area contributed by atoms with E-state index < -0.39 is 0 Å². The topological polar surface area (TPSA) is 0 Å². The summed E-state index contributed by atoms with van der Waals surface area (Å²) in [5.41, 5.74) is 0. The maximum absolute atomic E-state index is 2.43. The molecule has 1 rings (SSSR count). The minimum absolute atomic E-state index is 0.972. The van der Waals surface area contributed by atoms with E-state index in [1.165, 1.54) is 64.2 Å². The van der Waals surface area contributed by atoms with Crippen LogP contribution in [0, 0.1) is 5.92 Å². The standard InChI is InChI=1S/C14H26/c1-2-3-4-5-6-7-8-9-10-11-14-12-13-14/h10-11,14H,2-9,12-13H2,1H3/b11-10-. The summed E-state index contributed by atoms with van der Waals surface area (Å²) < 4.78 is 0. The van der Waals surface area contributed by atoms with Gasteiger partial charge in [-0.25, -0.2) is 0 Å². The Morgan fingerprint density at radius 3 is 2.21 bits per heavy atom. The fourth-order valence-electron chi connectivity index (χ4n) is 1.80. The molecule has 0 aromatic carbocycles. The predicted molar refractivity (Wildman–Crippen MR) is 64.5 cm³/mol. The highest BCUT2D eigenvalue weighted by molar-refractivity contribution is 4.95. The van der Waals surface area contributed by atoms with Crippen molar-refractivity contribution in [3.8, 4) is 0 Å². The third-order valence-corrected chi connectivity index (χ3v) is 3.00. The molecule has 0 spiro atoms. The Morgan fingerprint density at radius 2 is 1.57 bits per heavy atom. The van der Waals surface area contributed by atoms with Crippen LogP contribution in [0.25, 0.3) is 0 Å². The molecule has 0 saturated heterocycles. The van der Waals surface area contributed by atoms with Gasteiger partial charge in [-0.15, -0.1) is 0 Å². The molecule has 0 heteroatoms. The summed E-state index contributed by atoms with van der Waals surface area (Å²) in [5, 5.41) is 0. The van der Waals surface area contributed by atoms with Gasteiger partial charge in [0.15, 0.2) is 0 Å². The van der Waals surface area contributed by atoms with E-state index in [9.17, 15) is 0 Å². The minimum Gasteiger partial charge on any atom is -0.0883 e. The second-order valence-corrected chi connectivity index (χ2v) is 4.68. The summed E-state index contributed by atoms with van der Waals surface area (Å²) >= 11 is 0. The van der Waals surface area contributed by atoms with Crippen LogP contribution in [0.5, 0.6) is 0 Å². The molecular formula is C14H26. The van der Waals surface area contributed by atoms with Crippen molar-refractivity contribution in [2.24, 2.45) is 5.92 Å². The van der Waals surface area contributed by atoms with E-state index in [4.69, 9.17) is 0 Å². The first-order chi connectivity index (χ1) is 6.93. The van der Waals surface area contributed by atoms with Crippen LogP contribution in [0.2, 0.25) is 0 Å². The highest BCUT2D eigenvalue weighted by atomic mass is 14.2. The van der Waals surface area contributed by atoms with E-state index >= 15 is 0 Å². The Labute approximate surface area is 89.8 Å². The van der Waals surface area contributed by atoms with Gasteiger partial charge in [-0.1, -0.05) is 57.6 Å². The molecule has 0 atom stereocenters. The molecule has 0 nitrogen and oxygen atoms in total. The lowest BCUT2D eigenvalue weighted by Crippen LogP contribution is -1.78. The zero-order valence-electron chi connectivity index (χ0n) is 9.80. The van der Waals surface area contributed by atoms with Crippen LogP contribution in [-0.4, -0.2) is 0 Å². The smallest absolute Gasteiger partial charge is 0.0233 e. The predicted octanol–water partition coefficient (Wildman–Crippen LogP) is 5.09. The molecule has 0 aliphatic heterocycles. The van der Waals surface area contributed by atoms with Crippen LogP contribution in [-0.2, 0) is 0 Å². The monoisotopic (exact) mass is 194 g/mol. The summed E-state index contributed by atoms with van der Waals surface area (Å²) in [6.45, 7) is 2.28. The van der Waals surface area contributed by atoms with E-state index in [0.717, 1.165) is 5.92 Å². The lowest BCUT2D eigenvalue weighted by atomic mass is 10.1. The van der Waals surface area contributed by atoms with Gasteiger partial charge >= 0.3 is 0 Å². The first kappa shape index (κ1) is 11.8. The second kappa shape index (κ2) is 8.08. The van der Waals surface area contributed by atoms with Gasteiger partial charge in [0.25, 0.3) is 0 Å². The number of allylic oxidation sites excluding steroid dienone is 2. The van der Waals surface area contributed by atoms with E-state index in [2.05, 4.69) is 19.1 Å². The van der Waals surface area contributed by atoms with E-state index in [1.54, 1.807) is 0 Å². The van der Waals surface area contributed by atoms with Crippen molar-refractivity contribution in [3.63, 3.8) is 0 Å². The molecule has 0 N–H and O–H groups in total. The molecule has 1 saturated carbocycles. The third-order valence-electron chi connectivity index (χ3n) is 3.00. The van der Waals surface area contributed by atoms with Crippen molar-refractivity contribution in [2.45, 2.75) is 71.1 Å². The molecule has 0 heterocycles. The van der Waals surface area contributed by atoms with E-state index in [1.807, 2.05) is 0 Å². The van der Waals surface area contributed by atoms with Crippen molar-refractivity contribution in [2.75, 3.05) is 0 Å². The molecule has 0 aromatic heterocycles. The van der Waals surface area contributed by atoms with Crippen LogP contribution in [0.15, 0.2) is 12.2 Å². The third kappa shape index (κ3) is 7.17. The quantitative estimate of drug-likeness (QED) is 0.354. The summed E-state index contributed by atoms with van der Waals surface area (Å²) in [6.07, 6.45) is 19.1. The number of hydrogen-bond donors (Lipinski definition) is 0. The average molecular weight is 194 g/mol. The first-order valence-corrected chi connectivity index (χ1v) is 6.60. The molecule has 0 unspecified atom stereocenters. The molecular weight excluding hydrogens is 168 g/mol. The molecule has 82 valence electrons. The molecule has 0 aromatic rings. The number of rotatable bonds is 9. The van der Waals surface area contributed by atoms with Crippen molar-refractivity contribution < 1.29 is 0 Å². The largest absolute Gasteiger partial charge is 0.0883 e. The van der Waals surface area contributed by atoms with Crippen molar-refractivity contribution in [3.05, 3.63) is 12.2 Å². The molecule has 1 aliphatic carbocycles. The summed E-state index contributed by atoms with van der Waals surface area (Å²) in [6, 6.07) is 0. The van der Waals surface area contributed by atoms with Crippen LogP contribution >= 0.6 is 0 Å². The van der Waals surface area contributed by atoms with Gasteiger partial charge in [0.05, 0.1) is 0 Å². The van der Waals surface area contributed by atoms with Gasteiger partial charge in [0, 0.05) is 0 Å². The summed E-state index contributed by atoms with van der Waals surface area (Å²) in [5.74, 6) is 0.972. The van der Waals surface area contributed by atoms with Crippen LogP contribution in [0.1, 0.15) is 71.1 Å². The Balaban J connectivity index is 1.70. The number of hydrogen-bond acceptors (Lipinski definition) is 0. The van der Waals surface area contributed by atoms with Gasteiger partial charge in [-0.3, -0.25) is 0 Å². The van der Waals surface area contributed by atoms with Crippen LogP contribution < -0.4 is 0 Å². The van der Waals surface area contributed by atoms with Gasteiger partial charge in [-0.2, -0.15) is 0 Å². The van der Waals surface area contributed by atoms with Crippen molar-refractivity contribution in [1.29, 1.82) is 0 Å². The Hall–Kier alpha value is -0.260. The Morgan fingerprint density at radius 1 is 0.929 bits per heavy atom. The molecule has 14 heavy (non-hydrogen) atoms. The molecule has 1 fully saturated rings. The lowest BCUT2D eigenvalue weighted by molar-refractivity contribution is 0.592. The SMILES string of the molecule is CCCCCCCCC/C=C\C1CC1. The normalized spacial score (nSPS) is 16.6. The summed E-state index contributed by atoms with van der Waals surface area (Å²) in [4.78, 5) is 0. The zero-order chi connectivity index (χ0) is 10.1. The molecule has 0 radical (unpaired) electrons. The zero-order valence-corrected chi connectivity index (χ0v) is 9.80. The maximum atomic E-state index is 2.43. The van der Waals surface area contributed by atoms with Gasteiger partial charge < -0.3 is 0 Å². The first-order valence-electron chi connectivity index (χ1n) is 6.60. The van der Waals surface area contributed by atoms with Crippen molar-refractivity contribution in [1.82, 2.24) is 0 Å². The highest BCUT2D eigenvalue weighted by Gasteiger charge is 2.16. The van der Waals surface area contributed by atoms with Crippen LogP contribution in [0.4, 0.5) is 0 Å². The van der Waals surface area contributed by atoms with Gasteiger partial charge in [0.1, 0.15) is 0 Å².